The number of benzene rings is 2. The van der Waals surface area contributed by atoms with Crippen LogP contribution in [0.2, 0.25) is 0 Å². The maximum atomic E-state index is 14.0. The third kappa shape index (κ3) is 4.94. The van der Waals surface area contributed by atoms with Crippen LogP contribution in [0.25, 0.3) is 0 Å². The van der Waals surface area contributed by atoms with E-state index in [4.69, 9.17) is 9.47 Å². The third-order valence-corrected chi connectivity index (χ3v) is 10.0. The Morgan fingerprint density at radius 3 is 2.42 bits per heavy atom. The molecule has 5 rings (SSSR count). The van der Waals surface area contributed by atoms with Gasteiger partial charge in [-0.2, -0.15) is 0 Å². The van der Waals surface area contributed by atoms with Gasteiger partial charge in [0, 0.05) is 25.4 Å². The van der Waals surface area contributed by atoms with Gasteiger partial charge in [0.1, 0.15) is 0 Å². The molecule has 1 amide bonds. The van der Waals surface area contributed by atoms with E-state index in [0.717, 1.165) is 11.1 Å². The molecule has 0 saturated heterocycles. The third-order valence-electron chi connectivity index (χ3n) is 7.72. The van der Waals surface area contributed by atoms with E-state index in [1.807, 2.05) is 13.0 Å². The molecule has 6 nitrogen and oxygen atoms in total. The molecule has 2 aliphatic carbocycles. The maximum Gasteiger partial charge on any atom is 0.248 e. The molecule has 3 aliphatic rings. The Morgan fingerprint density at radius 1 is 1.00 bits per heavy atom. The van der Waals surface area contributed by atoms with Crippen LogP contribution >= 0.6 is 0 Å². The van der Waals surface area contributed by atoms with Gasteiger partial charge in [-0.25, -0.2) is 17.2 Å². The molecule has 1 aliphatic heterocycles. The van der Waals surface area contributed by atoms with Crippen LogP contribution < -0.4 is 9.47 Å². The first-order valence-electron chi connectivity index (χ1n) is 12.5. The number of halogens is 2. The second kappa shape index (κ2) is 9.65. The Kier molecular flexibility index (Phi) is 6.70. The van der Waals surface area contributed by atoms with Gasteiger partial charge in [0.2, 0.25) is 18.6 Å². The van der Waals surface area contributed by atoms with E-state index in [0.29, 0.717) is 30.8 Å². The van der Waals surface area contributed by atoms with Crippen molar-refractivity contribution in [3.63, 3.8) is 0 Å². The van der Waals surface area contributed by atoms with Gasteiger partial charge in [-0.1, -0.05) is 30.2 Å². The summed E-state index contributed by atoms with van der Waals surface area (Å²) in [5, 5.41) is -0.822. The number of carbonyl (C=O) groups is 1. The summed E-state index contributed by atoms with van der Waals surface area (Å²) >= 11 is 0. The molecule has 0 radical (unpaired) electrons. The summed E-state index contributed by atoms with van der Waals surface area (Å²) in [6, 6.07) is 11.7. The lowest BCUT2D eigenvalue weighted by molar-refractivity contribution is -0.141. The lowest BCUT2D eigenvalue weighted by atomic mass is 9.89. The van der Waals surface area contributed by atoms with Gasteiger partial charge in [-0.15, -0.1) is 0 Å². The first-order chi connectivity index (χ1) is 17.1. The molecule has 2 saturated carbocycles. The molecule has 0 N–H and O–H groups in total. The quantitative estimate of drug-likeness (QED) is 0.520. The molecular weight excluding hydrogens is 488 g/mol. The molecule has 2 aromatic carbocycles. The lowest BCUT2D eigenvalue weighted by Gasteiger charge is -2.39. The smallest absolute Gasteiger partial charge is 0.248 e. The Labute approximate surface area is 210 Å². The first kappa shape index (κ1) is 25.0. The minimum atomic E-state index is -3.72. The van der Waals surface area contributed by atoms with Gasteiger partial charge in [0.15, 0.2) is 21.3 Å². The normalized spacial score (nSPS) is 23.5. The van der Waals surface area contributed by atoms with Gasteiger partial charge in [-0.3, -0.25) is 4.79 Å². The van der Waals surface area contributed by atoms with Crippen molar-refractivity contribution in [3.05, 3.63) is 53.6 Å². The molecule has 2 atom stereocenters. The number of fused-ring (bicyclic) bond motifs is 1. The second-order valence-electron chi connectivity index (χ2n) is 10.2. The zero-order valence-corrected chi connectivity index (χ0v) is 21.1. The fraction of sp³-hybridized carbons (Fsp3) is 0.519. The molecule has 0 aromatic heterocycles. The van der Waals surface area contributed by atoms with E-state index in [1.165, 1.54) is 0 Å². The van der Waals surface area contributed by atoms with Gasteiger partial charge >= 0.3 is 0 Å². The topological polar surface area (TPSA) is 72.9 Å². The highest BCUT2D eigenvalue weighted by Gasteiger charge is 2.46. The lowest BCUT2D eigenvalue weighted by Crippen LogP contribution is -2.48. The predicted octanol–water partition coefficient (Wildman–Crippen LogP) is 5.27. The number of rotatable bonds is 6. The largest absolute Gasteiger partial charge is 0.454 e. The van der Waals surface area contributed by atoms with Crippen LogP contribution in [0.4, 0.5) is 8.78 Å². The zero-order valence-electron chi connectivity index (χ0n) is 20.3. The van der Waals surface area contributed by atoms with Crippen LogP contribution in [0.15, 0.2) is 47.4 Å². The maximum absolute atomic E-state index is 14.0. The molecule has 0 bridgehead atoms. The number of sulfone groups is 1. The van der Waals surface area contributed by atoms with Crippen LogP contribution in [0.5, 0.6) is 11.5 Å². The average Bonchev–Trinajstić information content (AvgIpc) is 3.52. The van der Waals surface area contributed by atoms with E-state index in [-0.39, 0.29) is 55.9 Å². The van der Waals surface area contributed by atoms with Crippen molar-refractivity contribution in [2.45, 2.75) is 80.5 Å². The van der Waals surface area contributed by atoms with E-state index in [2.05, 4.69) is 0 Å². The fourth-order valence-electron chi connectivity index (χ4n) is 5.66. The van der Waals surface area contributed by atoms with Crippen molar-refractivity contribution < 1.29 is 31.5 Å². The average molecular weight is 520 g/mol. The summed E-state index contributed by atoms with van der Waals surface area (Å²) < 4.78 is 65.8. The highest BCUT2D eigenvalue weighted by atomic mass is 32.2. The van der Waals surface area contributed by atoms with E-state index >= 15 is 0 Å². The van der Waals surface area contributed by atoms with Crippen molar-refractivity contribution in [1.29, 1.82) is 0 Å². The van der Waals surface area contributed by atoms with E-state index in [1.54, 1.807) is 41.3 Å². The predicted molar refractivity (Wildman–Crippen MR) is 130 cm³/mol. The minimum absolute atomic E-state index is 0.125. The molecular formula is C27H31F2NO5S. The highest BCUT2D eigenvalue weighted by molar-refractivity contribution is 7.92. The Hall–Kier alpha value is -2.68. The molecule has 2 aromatic rings. The number of aryl methyl sites for hydroxylation is 1. The van der Waals surface area contributed by atoms with Gasteiger partial charge < -0.3 is 14.4 Å². The number of alkyl halides is 2. The summed E-state index contributed by atoms with van der Waals surface area (Å²) in [5.74, 6) is -2.49. The summed E-state index contributed by atoms with van der Waals surface area (Å²) in [5.41, 5.74) is 1.75. The van der Waals surface area contributed by atoms with E-state index < -0.39 is 26.9 Å². The standard InChI is InChI=1S/C27H31F2NO5S/c1-18-5-8-21(9-6-18)36(32,33)25-4-2-3-22(25)26(31)30(20-11-13-27(28,29)14-12-20)16-19-7-10-23-24(15-19)35-17-34-23/h5-10,15,20,22,25H,2-4,11-14,16-17H2,1H3/t22-,25-/m1/s1. The highest BCUT2D eigenvalue weighted by Crippen LogP contribution is 2.40. The van der Waals surface area contributed by atoms with Crippen LogP contribution in [0, 0.1) is 12.8 Å². The molecule has 0 spiro atoms. The van der Waals surface area contributed by atoms with Crippen LogP contribution in [-0.4, -0.2) is 43.2 Å². The van der Waals surface area contributed by atoms with E-state index in [9.17, 15) is 22.0 Å². The zero-order chi connectivity index (χ0) is 25.5. The van der Waals surface area contributed by atoms with Gasteiger partial charge in [-0.05, 0) is 62.4 Å². The number of nitrogens with zero attached hydrogens (tertiary/aromatic N) is 1. The van der Waals surface area contributed by atoms with Gasteiger partial charge in [0.05, 0.1) is 16.1 Å². The summed E-state index contributed by atoms with van der Waals surface area (Å²) in [6.45, 7) is 2.22. The minimum Gasteiger partial charge on any atom is -0.454 e. The van der Waals surface area contributed by atoms with Crippen molar-refractivity contribution >= 4 is 15.7 Å². The van der Waals surface area contributed by atoms with Crippen LogP contribution in [-0.2, 0) is 21.2 Å². The second-order valence-corrected chi connectivity index (χ2v) is 12.3. The first-order valence-corrected chi connectivity index (χ1v) is 14.1. The Balaban J connectivity index is 1.42. The van der Waals surface area contributed by atoms with Crippen molar-refractivity contribution in [3.8, 4) is 11.5 Å². The number of carbonyl (C=O) groups excluding carboxylic acids is 1. The van der Waals surface area contributed by atoms with Crippen molar-refractivity contribution in [2.75, 3.05) is 6.79 Å². The molecule has 36 heavy (non-hydrogen) atoms. The Bertz CT molecular complexity index is 1220. The number of amides is 1. The van der Waals surface area contributed by atoms with Crippen LogP contribution in [0.3, 0.4) is 0 Å². The molecule has 0 unspecified atom stereocenters. The number of hydrogen-bond donors (Lipinski definition) is 0. The summed E-state index contributed by atoms with van der Waals surface area (Å²) in [6.07, 6.45) is 1.32. The van der Waals surface area contributed by atoms with Crippen molar-refractivity contribution in [1.82, 2.24) is 4.90 Å². The SMILES string of the molecule is Cc1ccc(S(=O)(=O)[C@@H]2CCC[C@H]2C(=O)N(Cc2ccc3c(c2)OCO3)C2CCC(F)(F)CC2)cc1. The monoisotopic (exact) mass is 519 g/mol. The van der Waals surface area contributed by atoms with Crippen molar-refractivity contribution in [2.24, 2.45) is 5.92 Å². The Morgan fingerprint density at radius 2 is 1.69 bits per heavy atom. The fourth-order valence-corrected chi connectivity index (χ4v) is 7.68. The summed E-state index contributed by atoms with van der Waals surface area (Å²) in [7, 11) is -3.72. The number of ether oxygens (including phenoxy) is 2. The van der Waals surface area contributed by atoms with Gasteiger partial charge in [0.25, 0.3) is 0 Å². The molecule has 2 fully saturated rings. The molecule has 9 heteroatoms. The van der Waals surface area contributed by atoms with Crippen LogP contribution in [0.1, 0.15) is 56.1 Å². The molecule has 1 heterocycles. The number of hydrogen-bond acceptors (Lipinski definition) is 5. The molecule has 194 valence electrons. The summed E-state index contributed by atoms with van der Waals surface area (Å²) in [4.78, 5) is 15.9.